The van der Waals surface area contributed by atoms with Crippen molar-refractivity contribution in [3.63, 3.8) is 0 Å². The Morgan fingerprint density at radius 3 is 2.56 bits per heavy atom. The molecule has 0 spiro atoms. The van der Waals surface area contributed by atoms with E-state index < -0.39 is 10.0 Å². The third-order valence-corrected chi connectivity index (χ3v) is 3.50. The van der Waals surface area contributed by atoms with E-state index in [2.05, 4.69) is 9.93 Å². The largest absolute Gasteiger partial charge is 0.472 e. The van der Waals surface area contributed by atoms with E-state index in [4.69, 9.17) is 4.42 Å². The maximum absolute atomic E-state index is 11.8. The second-order valence-corrected chi connectivity index (χ2v) is 5.38. The van der Waals surface area contributed by atoms with Crippen molar-refractivity contribution in [2.24, 2.45) is 5.10 Å². The first-order valence-electron chi connectivity index (χ1n) is 5.22. The Balaban J connectivity index is 2.10. The highest BCUT2D eigenvalue weighted by Crippen LogP contribution is 2.09. The van der Waals surface area contributed by atoms with Crippen molar-refractivity contribution in [3.8, 4) is 0 Å². The van der Waals surface area contributed by atoms with Crippen LogP contribution >= 0.6 is 0 Å². The van der Waals surface area contributed by atoms with Gasteiger partial charge in [-0.15, -0.1) is 0 Å². The number of benzene rings is 1. The van der Waals surface area contributed by atoms with Gasteiger partial charge in [0.2, 0.25) is 0 Å². The SMILES string of the molecule is Cc1ccc(S(=O)(=O)N/N=C/c2ccoc2)cc1. The third-order valence-electron chi connectivity index (χ3n) is 2.26. The molecule has 0 saturated heterocycles. The first-order valence-corrected chi connectivity index (χ1v) is 6.70. The molecule has 0 fully saturated rings. The third kappa shape index (κ3) is 2.98. The molecule has 0 atom stereocenters. The van der Waals surface area contributed by atoms with Gasteiger partial charge in [0, 0.05) is 5.56 Å². The van der Waals surface area contributed by atoms with Gasteiger partial charge in [0.1, 0.15) is 0 Å². The fourth-order valence-corrected chi connectivity index (χ4v) is 2.08. The van der Waals surface area contributed by atoms with Crippen molar-refractivity contribution in [1.29, 1.82) is 0 Å². The summed E-state index contributed by atoms with van der Waals surface area (Å²) in [6.45, 7) is 1.89. The van der Waals surface area contributed by atoms with Crippen molar-refractivity contribution in [2.45, 2.75) is 11.8 Å². The van der Waals surface area contributed by atoms with E-state index in [1.807, 2.05) is 6.92 Å². The zero-order chi connectivity index (χ0) is 13.0. The van der Waals surface area contributed by atoms with Crippen molar-refractivity contribution in [1.82, 2.24) is 4.83 Å². The van der Waals surface area contributed by atoms with Crippen LogP contribution in [0.3, 0.4) is 0 Å². The van der Waals surface area contributed by atoms with Crippen LogP contribution < -0.4 is 4.83 Å². The molecule has 94 valence electrons. The second kappa shape index (κ2) is 5.05. The van der Waals surface area contributed by atoms with Gasteiger partial charge in [0.05, 0.1) is 23.6 Å². The number of aryl methyl sites for hydroxylation is 1. The first kappa shape index (κ1) is 12.4. The standard InChI is InChI=1S/C12H12N2O3S/c1-10-2-4-12(5-3-10)18(15,16)14-13-8-11-6-7-17-9-11/h2-9,14H,1H3/b13-8+. The number of hydrazone groups is 1. The summed E-state index contributed by atoms with van der Waals surface area (Å²) in [7, 11) is -3.61. The van der Waals surface area contributed by atoms with Crippen LogP contribution in [-0.4, -0.2) is 14.6 Å². The molecule has 1 heterocycles. The van der Waals surface area contributed by atoms with Crippen LogP contribution in [0.4, 0.5) is 0 Å². The molecule has 0 radical (unpaired) electrons. The average molecular weight is 264 g/mol. The molecule has 1 aromatic heterocycles. The van der Waals surface area contributed by atoms with Crippen molar-refractivity contribution in [2.75, 3.05) is 0 Å². The van der Waals surface area contributed by atoms with Gasteiger partial charge in [-0.2, -0.15) is 13.5 Å². The van der Waals surface area contributed by atoms with Gasteiger partial charge in [-0.1, -0.05) is 17.7 Å². The smallest absolute Gasteiger partial charge is 0.276 e. The molecule has 6 heteroatoms. The Labute approximate surface area is 105 Å². The van der Waals surface area contributed by atoms with E-state index in [0.717, 1.165) is 5.56 Å². The Kier molecular flexibility index (Phi) is 3.47. The number of hydrogen-bond acceptors (Lipinski definition) is 4. The van der Waals surface area contributed by atoms with Gasteiger partial charge in [0.15, 0.2) is 0 Å². The maximum atomic E-state index is 11.8. The van der Waals surface area contributed by atoms with Gasteiger partial charge >= 0.3 is 0 Å². The minimum atomic E-state index is -3.61. The lowest BCUT2D eigenvalue weighted by Gasteiger charge is -2.02. The minimum absolute atomic E-state index is 0.178. The van der Waals surface area contributed by atoms with Crippen LogP contribution in [0.1, 0.15) is 11.1 Å². The Bertz CT molecular complexity index is 628. The molecule has 0 bridgehead atoms. The van der Waals surface area contributed by atoms with Crippen molar-refractivity contribution < 1.29 is 12.8 Å². The summed E-state index contributed by atoms with van der Waals surface area (Å²) in [5.74, 6) is 0. The number of rotatable bonds is 4. The quantitative estimate of drug-likeness (QED) is 0.677. The highest BCUT2D eigenvalue weighted by molar-refractivity contribution is 7.89. The lowest BCUT2D eigenvalue weighted by atomic mass is 10.2. The van der Waals surface area contributed by atoms with E-state index in [9.17, 15) is 8.42 Å². The zero-order valence-electron chi connectivity index (χ0n) is 9.70. The monoisotopic (exact) mass is 264 g/mol. The van der Waals surface area contributed by atoms with Crippen molar-refractivity contribution >= 4 is 16.2 Å². The summed E-state index contributed by atoms with van der Waals surface area (Å²) in [5.41, 5.74) is 1.68. The number of hydrogen-bond donors (Lipinski definition) is 1. The van der Waals surface area contributed by atoms with Crippen LogP contribution in [0, 0.1) is 6.92 Å². The Morgan fingerprint density at radius 2 is 1.94 bits per heavy atom. The minimum Gasteiger partial charge on any atom is -0.472 e. The number of furan rings is 1. The van der Waals surface area contributed by atoms with Crippen LogP contribution in [0.25, 0.3) is 0 Å². The van der Waals surface area contributed by atoms with Crippen LogP contribution in [-0.2, 0) is 10.0 Å². The molecule has 0 saturated carbocycles. The van der Waals surface area contributed by atoms with E-state index >= 15 is 0 Å². The fraction of sp³-hybridized carbons (Fsp3) is 0.0833. The summed E-state index contributed by atoms with van der Waals surface area (Å²) in [6, 6.07) is 8.20. The van der Waals surface area contributed by atoms with Crippen molar-refractivity contribution in [3.05, 3.63) is 54.0 Å². The molecule has 1 aromatic carbocycles. The van der Waals surface area contributed by atoms with Crippen LogP contribution in [0.2, 0.25) is 0 Å². The molecule has 0 amide bonds. The number of sulfonamides is 1. The fourth-order valence-electron chi connectivity index (χ4n) is 1.29. The average Bonchev–Trinajstić information content (AvgIpc) is 2.82. The molecule has 0 unspecified atom stereocenters. The lowest BCUT2D eigenvalue weighted by molar-refractivity contribution is 0.567. The summed E-state index contributed by atoms with van der Waals surface area (Å²) >= 11 is 0. The Morgan fingerprint density at radius 1 is 1.22 bits per heavy atom. The summed E-state index contributed by atoms with van der Waals surface area (Å²) < 4.78 is 28.5. The number of nitrogens with one attached hydrogen (secondary N) is 1. The summed E-state index contributed by atoms with van der Waals surface area (Å²) in [6.07, 6.45) is 4.31. The molecule has 5 nitrogen and oxygen atoms in total. The van der Waals surface area contributed by atoms with Crippen LogP contribution in [0.5, 0.6) is 0 Å². The molecular formula is C12H12N2O3S. The van der Waals surface area contributed by atoms with E-state index in [-0.39, 0.29) is 4.90 Å². The normalized spacial score (nSPS) is 11.8. The van der Waals surface area contributed by atoms with Crippen LogP contribution in [0.15, 0.2) is 57.3 Å². The van der Waals surface area contributed by atoms with Gasteiger partial charge in [-0.05, 0) is 25.1 Å². The van der Waals surface area contributed by atoms with E-state index in [1.54, 1.807) is 18.2 Å². The summed E-state index contributed by atoms with van der Waals surface area (Å²) in [4.78, 5) is 2.31. The molecule has 18 heavy (non-hydrogen) atoms. The molecule has 0 aliphatic heterocycles. The predicted molar refractivity (Wildman–Crippen MR) is 67.8 cm³/mol. The molecule has 2 rings (SSSR count). The first-order chi connectivity index (χ1) is 8.58. The Hall–Kier alpha value is -2.08. The van der Waals surface area contributed by atoms with Gasteiger partial charge in [0.25, 0.3) is 10.0 Å². The highest BCUT2D eigenvalue weighted by atomic mass is 32.2. The van der Waals surface area contributed by atoms with E-state index in [0.29, 0.717) is 5.56 Å². The predicted octanol–water partition coefficient (Wildman–Crippen LogP) is 1.90. The topological polar surface area (TPSA) is 71.7 Å². The molecule has 2 aromatic rings. The number of nitrogens with zero attached hydrogens (tertiary/aromatic N) is 1. The molecule has 1 N–H and O–H groups in total. The lowest BCUT2D eigenvalue weighted by Crippen LogP contribution is -2.18. The summed E-state index contributed by atoms with van der Waals surface area (Å²) in [5, 5.41) is 3.66. The molecule has 0 aliphatic carbocycles. The second-order valence-electron chi connectivity index (χ2n) is 3.72. The molecule has 0 aliphatic rings. The highest BCUT2D eigenvalue weighted by Gasteiger charge is 2.11. The van der Waals surface area contributed by atoms with Gasteiger partial charge in [-0.3, -0.25) is 0 Å². The zero-order valence-corrected chi connectivity index (χ0v) is 10.5. The van der Waals surface area contributed by atoms with Gasteiger partial charge < -0.3 is 4.42 Å². The molecular weight excluding hydrogens is 252 g/mol. The van der Waals surface area contributed by atoms with E-state index in [1.165, 1.54) is 30.9 Å². The van der Waals surface area contributed by atoms with Gasteiger partial charge in [-0.25, -0.2) is 4.83 Å². The maximum Gasteiger partial charge on any atom is 0.276 e.